The predicted octanol–water partition coefficient (Wildman–Crippen LogP) is 2.51. The molecule has 0 atom stereocenters. The maximum atomic E-state index is 13.0. The van der Waals surface area contributed by atoms with E-state index < -0.39 is 0 Å². The quantitative estimate of drug-likeness (QED) is 0.642. The molecule has 0 bridgehead atoms. The fraction of sp³-hybridized carbons (Fsp3) is 0.0625. The number of nitrogens with zero attached hydrogens (tertiary/aromatic N) is 4. The zero-order valence-electron chi connectivity index (χ0n) is 11.3. The second-order valence-electron chi connectivity index (χ2n) is 4.35. The zero-order chi connectivity index (χ0) is 14.7. The van der Waals surface area contributed by atoms with E-state index in [1.807, 2.05) is 6.92 Å². The second kappa shape index (κ2) is 5.55. The van der Waals surface area contributed by atoms with Crippen LogP contribution in [0.5, 0.6) is 0 Å². The van der Waals surface area contributed by atoms with Crippen molar-refractivity contribution in [1.29, 1.82) is 0 Å². The first-order valence-corrected chi connectivity index (χ1v) is 6.33. The van der Waals surface area contributed by atoms with E-state index in [0.717, 1.165) is 16.9 Å². The normalized spacial score (nSPS) is 10.0. The molecule has 0 aliphatic carbocycles. The van der Waals surface area contributed by atoms with Crippen LogP contribution in [0.2, 0.25) is 0 Å². The van der Waals surface area contributed by atoms with Gasteiger partial charge in [-0.2, -0.15) is 5.10 Å². The van der Waals surface area contributed by atoms with Gasteiger partial charge in [0, 0.05) is 12.4 Å². The van der Waals surface area contributed by atoms with Gasteiger partial charge in [0.1, 0.15) is 5.82 Å². The summed E-state index contributed by atoms with van der Waals surface area (Å²) in [5.74, 6) is 6.08. The highest BCUT2D eigenvalue weighted by atomic mass is 19.1. The maximum absolute atomic E-state index is 13.0. The Bertz CT molecular complexity index is 811. The maximum Gasteiger partial charge on any atom is 0.205 e. The summed E-state index contributed by atoms with van der Waals surface area (Å²) in [6, 6.07) is 7.89. The molecule has 3 rings (SSSR count). The van der Waals surface area contributed by atoms with Crippen molar-refractivity contribution >= 4 is 0 Å². The Labute approximate surface area is 121 Å². The Morgan fingerprint density at radius 1 is 1.05 bits per heavy atom. The molecule has 0 N–H and O–H groups in total. The molecule has 5 heteroatoms. The summed E-state index contributed by atoms with van der Waals surface area (Å²) >= 11 is 0. The summed E-state index contributed by atoms with van der Waals surface area (Å²) in [7, 11) is 0. The van der Waals surface area contributed by atoms with E-state index in [9.17, 15) is 4.39 Å². The molecule has 2 heterocycles. The van der Waals surface area contributed by atoms with Crippen LogP contribution < -0.4 is 0 Å². The molecule has 0 aliphatic heterocycles. The Morgan fingerprint density at radius 2 is 1.76 bits per heavy atom. The number of benzene rings is 1. The van der Waals surface area contributed by atoms with Crippen LogP contribution in [0.3, 0.4) is 0 Å². The van der Waals surface area contributed by atoms with Crippen molar-refractivity contribution in [2.45, 2.75) is 6.92 Å². The van der Waals surface area contributed by atoms with Crippen molar-refractivity contribution < 1.29 is 4.39 Å². The molecular formula is C16H11FN4. The minimum atomic E-state index is -0.273. The summed E-state index contributed by atoms with van der Waals surface area (Å²) in [6.07, 6.45) is 4.96. The van der Waals surface area contributed by atoms with Crippen molar-refractivity contribution in [3.8, 4) is 17.5 Å². The van der Waals surface area contributed by atoms with E-state index in [1.165, 1.54) is 12.1 Å². The molecule has 0 amide bonds. The average molecular weight is 278 g/mol. The Morgan fingerprint density at radius 3 is 2.48 bits per heavy atom. The summed E-state index contributed by atoms with van der Waals surface area (Å²) in [5, 5.41) is 4.28. The molecular weight excluding hydrogens is 267 g/mol. The third-order valence-electron chi connectivity index (χ3n) is 2.96. The molecule has 0 fully saturated rings. The van der Waals surface area contributed by atoms with Crippen LogP contribution in [0.25, 0.3) is 5.69 Å². The number of hydrogen-bond acceptors (Lipinski definition) is 3. The number of aromatic nitrogens is 4. The zero-order valence-corrected chi connectivity index (χ0v) is 11.3. The molecule has 0 saturated heterocycles. The van der Waals surface area contributed by atoms with Gasteiger partial charge < -0.3 is 0 Å². The molecule has 102 valence electrons. The van der Waals surface area contributed by atoms with E-state index >= 15 is 0 Å². The molecule has 2 aromatic heterocycles. The van der Waals surface area contributed by atoms with Gasteiger partial charge in [-0.3, -0.25) is 0 Å². The van der Waals surface area contributed by atoms with Crippen molar-refractivity contribution in [2.24, 2.45) is 0 Å². The lowest BCUT2D eigenvalue weighted by molar-refractivity contribution is 0.627. The minimum Gasteiger partial charge on any atom is -0.237 e. The Kier molecular flexibility index (Phi) is 3.44. The molecule has 4 nitrogen and oxygen atoms in total. The average Bonchev–Trinajstić information content (AvgIpc) is 2.88. The topological polar surface area (TPSA) is 43.6 Å². The number of hydrogen-bond donors (Lipinski definition) is 0. The van der Waals surface area contributed by atoms with Crippen molar-refractivity contribution in [1.82, 2.24) is 19.7 Å². The van der Waals surface area contributed by atoms with Gasteiger partial charge in [-0.05, 0) is 43.2 Å². The van der Waals surface area contributed by atoms with Crippen molar-refractivity contribution in [3.05, 3.63) is 71.8 Å². The van der Waals surface area contributed by atoms with E-state index in [1.54, 1.807) is 41.5 Å². The lowest BCUT2D eigenvalue weighted by Crippen LogP contribution is -1.98. The molecule has 21 heavy (non-hydrogen) atoms. The van der Waals surface area contributed by atoms with Crippen LogP contribution in [0, 0.1) is 24.6 Å². The highest BCUT2D eigenvalue weighted by molar-refractivity contribution is 5.43. The van der Waals surface area contributed by atoms with Crippen LogP contribution in [0.1, 0.15) is 17.1 Å². The monoisotopic (exact) mass is 278 g/mol. The molecule has 0 saturated carbocycles. The lowest BCUT2D eigenvalue weighted by atomic mass is 10.2. The van der Waals surface area contributed by atoms with Gasteiger partial charge in [0.15, 0.2) is 0 Å². The first kappa shape index (κ1) is 13.0. The second-order valence-corrected chi connectivity index (χ2v) is 4.35. The Balaban J connectivity index is 1.93. The van der Waals surface area contributed by atoms with E-state index in [4.69, 9.17) is 0 Å². The molecule has 0 spiro atoms. The first-order valence-electron chi connectivity index (χ1n) is 6.33. The van der Waals surface area contributed by atoms with Crippen LogP contribution in [-0.4, -0.2) is 19.7 Å². The fourth-order valence-electron chi connectivity index (χ4n) is 1.86. The molecule has 1 aromatic carbocycles. The van der Waals surface area contributed by atoms with Crippen molar-refractivity contribution in [2.75, 3.05) is 0 Å². The number of rotatable bonds is 1. The number of halogens is 1. The SMILES string of the molecule is Cc1c(C#Cc2ncccn2)cnn1-c1ccc(F)cc1. The van der Waals surface area contributed by atoms with E-state index in [0.29, 0.717) is 5.82 Å². The molecule has 0 aliphatic rings. The van der Waals surface area contributed by atoms with Gasteiger partial charge >= 0.3 is 0 Å². The lowest BCUT2D eigenvalue weighted by Gasteiger charge is -2.03. The Hall–Kier alpha value is -3.00. The van der Waals surface area contributed by atoms with E-state index in [-0.39, 0.29) is 5.82 Å². The molecule has 3 aromatic rings. The van der Waals surface area contributed by atoms with Crippen molar-refractivity contribution in [3.63, 3.8) is 0 Å². The third kappa shape index (κ3) is 2.79. The summed E-state index contributed by atoms with van der Waals surface area (Å²) in [5.41, 5.74) is 2.45. The van der Waals surface area contributed by atoms with E-state index in [2.05, 4.69) is 26.9 Å². The van der Waals surface area contributed by atoms with Gasteiger partial charge in [-0.1, -0.05) is 5.92 Å². The van der Waals surface area contributed by atoms with Gasteiger partial charge in [0.2, 0.25) is 5.82 Å². The van der Waals surface area contributed by atoms with Crippen LogP contribution in [-0.2, 0) is 0 Å². The first-order chi connectivity index (χ1) is 10.2. The fourth-order valence-corrected chi connectivity index (χ4v) is 1.86. The summed E-state index contributed by atoms with van der Waals surface area (Å²) in [6.45, 7) is 1.91. The standard InChI is InChI=1S/C16H11FN4/c1-12-13(3-8-16-18-9-2-10-19-16)11-20-21(12)15-6-4-14(17)5-7-15/h2,4-7,9-11H,1H3. The van der Waals surface area contributed by atoms with Crippen LogP contribution in [0.15, 0.2) is 48.9 Å². The van der Waals surface area contributed by atoms with Gasteiger partial charge in [-0.15, -0.1) is 0 Å². The van der Waals surface area contributed by atoms with Gasteiger partial charge in [0.05, 0.1) is 23.1 Å². The predicted molar refractivity (Wildman–Crippen MR) is 76.3 cm³/mol. The highest BCUT2D eigenvalue weighted by Gasteiger charge is 2.06. The largest absolute Gasteiger partial charge is 0.237 e. The smallest absolute Gasteiger partial charge is 0.205 e. The molecule has 0 unspecified atom stereocenters. The van der Waals surface area contributed by atoms with Gasteiger partial charge in [-0.25, -0.2) is 19.0 Å². The van der Waals surface area contributed by atoms with Gasteiger partial charge in [0.25, 0.3) is 0 Å². The third-order valence-corrected chi connectivity index (χ3v) is 2.96. The van der Waals surface area contributed by atoms with Crippen LogP contribution >= 0.6 is 0 Å². The minimum absolute atomic E-state index is 0.273. The highest BCUT2D eigenvalue weighted by Crippen LogP contribution is 2.13. The van der Waals surface area contributed by atoms with Crippen LogP contribution in [0.4, 0.5) is 4.39 Å². The molecule has 0 radical (unpaired) electrons. The summed E-state index contributed by atoms with van der Waals surface area (Å²) in [4.78, 5) is 8.09. The summed E-state index contributed by atoms with van der Waals surface area (Å²) < 4.78 is 14.7.